The molecule has 140 valence electrons. The molecule has 6 heteroatoms. The van der Waals surface area contributed by atoms with Crippen molar-refractivity contribution in [2.24, 2.45) is 29.1 Å². The summed E-state index contributed by atoms with van der Waals surface area (Å²) in [7, 11) is 0. The van der Waals surface area contributed by atoms with Crippen molar-refractivity contribution in [3.8, 4) is 0 Å². The van der Waals surface area contributed by atoms with Crippen LogP contribution in [0.3, 0.4) is 0 Å². The first-order valence-corrected chi connectivity index (χ1v) is 9.49. The summed E-state index contributed by atoms with van der Waals surface area (Å²) >= 11 is 0. The van der Waals surface area contributed by atoms with Crippen molar-refractivity contribution in [2.45, 2.75) is 46.5 Å². The zero-order valence-corrected chi connectivity index (χ0v) is 15.5. The van der Waals surface area contributed by atoms with E-state index in [4.69, 9.17) is 0 Å². The largest absolute Gasteiger partial charge is 0.481 e. The van der Waals surface area contributed by atoms with Crippen molar-refractivity contribution in [2.75, 3.05) is 26.2 Å². The van der Waals surface area contributed by atoms with Gasteiger partial charge in [0, 0.05) is 31.6 Å². The van der Waals surface area contributed by atoms with Crippen molar-refractivity contribution < 1.29 is 19.5 Å². The molecule has 0 aromatic heterocycles. The minimum atomic E-state index is -0.777. The Hall–Kier alpha value is -1.59. The number of piperidine rings is 1. The first-order chi connectivity index (χ1) is 11.7. The molecule has 2 heterocycles. The second-order valence-electron chi connectivity index (χ2n) is 9.03. The Labute approximate surface area is 149 Å². The smallest absolute Gasteiger partial charge is 0.308 e. The molecule has 0 aromatic carbocycles. The third-order valence-electron chi connectivity index (χ3n) is 5.92. The number of hydrogen-bond donors (Lipinski definition) is 1. The van der Waals surface area contributed by atoms with Gasteiger partial charge in [-0.25, -0.2) is 0 Å². The lowest BCUT2D eigenvalue weighted by Crippen LogP contribution is -2.49. The maximum atomic E-state index is 13.0. The van der Waals surface area contributed by atoms with Crippen LogP contribution in [0.2, 0.25) is 0 Å². The van der Waals surface area contributed by atoms with Gasteiger partial charge in [0.2, 0.25) is 11.8 Å². The van der Waals surface area contributed by atoms with Gasteiger partial charge in [-0.15, -0.1) is 0 Å². The molecule has 2 saturated heterocycles. The topological polar surface area (TPSA) is 77.9 Å². The highest BCUT2D eigenvalue weighted by atomic mass is 16.4. The molecule has 3 aliphatic rings. The van der Waals surface area contributed by atoms with Crippen molar-refractivity contribution in [3.63, 3.8) is 0 Å². The second kappa shape index (κ2) is 6.61. The van der Waals surface area contributed by atoms with E-state index >= 15 is 0 Å². The van der Waals surface area contributed by atoms with E-state index in [9.17, 15) is 19.5 Å². The summed E-state index contributed by atoms with van der Waals surface area (Å²) in [5.41, 5.74) is -0.440. The van der Waals surface area contributed by atoms with Crippen LogP contribution in [0.1, 0.15) is 46.5 Å². The first-order valence-electron chi connectivity index (χ1n) is 9.49. The molecule has 0 radical (unpaired) electrons. The minimum absolute atomic E-state index is 0.0424. The second-order valence-corrected chi connectivity index (χ2v) is 9.03. The minimum Gasteiger partial charge on any atom is -0.481 e. The van der Waals surface area contributed by atoms with Crippen LogP contribution >= 0.6 is 0 Å². The number of nitrogens with zero attached hydrogens (tertiary/aromatic N) is 2. The summed E-state index contributed by atoms with van der Waals surface area (Å²) in [6.07, 6.45) is 3.80. The highest BCUT2D eigenvalue weighted by Crippen LogP contribution is 2.44. The average Bonchev–Trinajstić information content (AvgIpc) is 3.30. The number of carbonyl (C=O) groups excluding carboxylic acids is 2. The number of rotatable bonds is 3. The molecule has 0 bridgehead atoms. The maximum Gasteiger partial charge on any atom is 0.308 e. The molecule has 1 unspecified atom stereocenters. The molecule has 1 saturated carbocycles. The predicted molar refractivity (Wildman–Crippen MR) is 92.7 cm³/mol. The Morgan fingerprint density at radius 2 is 1.64 bits per heavy atom. The van der Waals surface area contributed by atoms with E-state index in [0.29, 0.717) is 32.1 Å². The molecular weight excluding hydrogens is 320 g/mol. The fourth-order valence-corrected chi connectivity index (χ4v) is 4.37. The summed E-state index contributed by atoms with van der Waals surface area (Å²) in [6.45, 7) is 7.79. The van der Waals surface area contributed by atoms with Crippen LogP contribution in [0.4, 0.5) is 0 Å². The van der Waals surface area contributed by atoms with Gasteiger partial charge < -0.3 is 14.9 Å². The van der Waals surface area contributed by atoms with E-state index in [2.05, 4.69) is 0 Å². The number of aliphatic carboxylic acids is 1. The van der Waals surface area contributed by atoms with E-state index in [-0.39, 0.29) is 23.7 Å². The van der Waals surface area contributed by atoms with Crippen molar-refractivity contribution in [1.82, 2.24) is 9.80 Å². The van der Waals surface area contributed by atoms with Crippen LogP contribution in [0, 0.1) is 29.1 Å². The van der Waals surface area contributed by atoms with Gasteiger partial charge in [0.15, 0.2) is 0 Å². The van der Waals surface area contributed by atoms with E-state index < -0.39 is 17.3 Å². The zero-order valence-electron chi connectivity index (χ0n) is 15.5. The Morgan fingerprint density at radius 3 is 2.20 bits per heavy atom. The van der Waals surface area contributed by atoms with Crippen molar-refractivity contribution in [3.05, 3.63) is 0 Å². The van der Waals surface area contributed by atoms with Crippen LogP contribution in [0.25, 0.3) is 0 Å². The molecule has 2 amide bonds. The number of carbonyl (C=O) groups is 3. The third kappa shape index (κ3) is 3.82. The number of carboxylic acids is 1. The molecule has 25 heavy (non-hydrogen) atoms. The monoisotopic (exact) mass is 350 g/mol. The van der Waals surface area contributed by atoms with Gasteiger partial charge >= 0.3 is 5.97 Å². The van der Waals surface area contributed by atoms with Gasteiger partial charge in [-0.2, -0.15) is 0 Å². The van der Waals surface area contributed by atoms with E-state index in [1.807, 2.05) is 25.7 Å². The van der Waals surface area contributed by atoms with Crippen LogP contribution in [0.5, 0.6) is 0 Å². The molecule has 3 atom stereocenters. The fraction of sp³-hybridized carbons (Fsp3) is 0.842. The predicted octanol–water partition coefficient (Wildman–Crippen LogP) is 1.84. The number of carboxylic acid groups (broad SMARTS) is 1. The molecule has 6 nitrogen and oxygen atoms in total. The van der Waals surface area contributed by atoms with Crippen LogP contribution < -0.4 is 0 Å². The summed E-state index contributed by atoms with van der Waals surface area (Å²) in [5, 5.41) is 9.48. The van der Waals surface area contributed by atoms with Gasteiger partial charge in [0.25, 0.3) is 0 Å². The molecule has 1 N–H and O–H groups in total. The Morgan fingerprint density at radius 1 is 0.960 bits per heavy atom. The number of likely N-dealkylation sites (tertiary alicyclic amines) is 2. The summed E-state index contributed by atoms with van der Waals surface area (Å²) in [6, 6.07) is 0. The summed E-state index contributed by atoms with van der Waals surface area (Å²) in [4.78, 5) is 40.6. The molecule has 1 aliphatic carbocycles. The molecule has 3 fully saturated rings. The fourth-order valence-electron chi connectivity index (χ4n) is 4.37. The van der Waals surface area contributed by atoms with Crippen molar-refractivity contribution in [1.29, 1.82) is 0 Å². The van der Waals surface area contributed by atoms with Gasteiger partial charge in [-0.05, 0) is 37.5 Å². The summed E-state index contributed by atoms with van der Waals surface area (Å²) < 4.78 is 0. The normalized spacial score (nSPS) is 30.4. The van der Waals surface area contributed by atoms with E-state index in [0.717, 1.165) is 25.7 Å². The van der Waals surface area contributed by atoms with Gasteiger partial charge in [0.05, 0.1) is 11.8 Å². The zero-order chi connectivity index (χ0) is 18.4. The lowest BCUT2D eigenvalue weighted by molar-refractivity contribution is -0.145. The highest BCUT2D eigenvalue weighted by molar-refractivity contribution is 5.84. The highest BCUT2D eigenvalue weighted by Gasteiger charge is 2.48. The average molecular weight is 350 g/mol. The van der Waals surface area contributed by atoms with Crippen LogP contribution in [-0.4, -0.2) is 58.9 Å². The van der Waals surface area contributed by atoms with Crippen molar-refractivity contribution >= 4 is 17.8 Å². The van der Waals surface area contributed by atoms with Gasteiger partial charge in [-0.3, -0.25) is 14.4 Å². The van der Waals surface area contributed by atoms with Crippen LogP contribution in [-0.2, 0) is 14.4 Å². The molecule has 3 rings (SSSR count). The SMILES string of the molecule is CC(C)(C)C(=O)N1CCCC(C(=O)N2C[C@H](C(=O)O)[C@@H](C3CC3)C2)C1. The Kier molecular flexibility index (Phi) is 4.82. The maximum absolute atomic E-state index is 13.0. The molecular formula is C19H30N2O4. The van der Waals surface area contributed by atoms with Gasteiger partial charge in [-0.1, -0.05) is 20.8 Å². The van der Waals surface area contributed by atoms with E-state index in [1.165, 1.54) is 0 Å². The molecule has 0 aromatic rings. The summed E-state index contributed by atoms with van der Waals surface area (Å²) in [5.74, 6) is -0.673. The number of amides is 2. The quantitative estimate of drug-likeness (QED) is 0.842. The lowest BCUT2D eigenvalue weighted by Gasteiger charge is -2.37. The Balaban J connectivity index is 1.64. The van der Waals surface area contributed by atoms with Gasteiger partial charge in [0.1, 0.15) is 0 Å². The molecule has 2 aliphatic heterocycles. The molecule has 0 spiro atoms. The third-order valence-corrected chi connectivity index (χ3v) is 5.92. The first kappa shape index (κ1) is 18.2. The van der Waals surface area contributed by atoms with Crippen LogP contribution in [0.15, 0.2) is 0 Å². The Bertz CT molecular complexity index is 564. The van der Waals surface area contributed by atoms with E-state index in [1.54, 1.807) is 4.90 Å². The number of hydrogen-bond acceptors (Lipinski definition) is 3. The standard InChI is InChI=1S/C19H30N2O4/c1-19(2,3)18(25)20-8-4-5-13(9-20)16(22)21-10-14(12-6-7-12)15(11-21)17(23)24/h12-15H,4-11H2,1-3H3,(H,23,24)/t13?,14-,15+/m1/s1. The lowest BCUT2D eigenvalue weighted by atomic mass is 9.90.